The molecule has 0 aliphatic heterocycles. The Morgan fingerprint density at radius 3 is 2.81 bits per heavy atom. The molecule has 21 heavy (non-hydrogen) atoms. The van der Waals surface area contributed by atoms with Crippen LogP contribution in [0.2, 0.25) is 0 Å². The van der Waals surface area contributed by atoms with Crippen LogP contribution in [0.25, 0.3) is 0 Å². The number of rotatable bonds is 10. The van der Waals surface area contributed by atoms with Crippen LogP contribution in [0.1, 0.15) is 38.7 Å². The molecule has 0 amide bonds. The summed E-state index contributed by atoms with van der Waals surface area (Å²) in [5.41, 5.74) is 1.27. The highest BCUT2D eigenvalue weighted by molar-refractivity contribution is 5.33. The minimum atomic E-state index is 0.736. The lowest BCUT2D eigenvalue weighted by Gasteiger charge is -2.21. The van der Waals surface area contributed by atoms with Gasteiger partial charge in [0, 0.05) is 31.2 Å². The molecule has 2 rings (SSSR count). The van der Waals surface area contributed by atoms with Gasteiger partial charge in [0.2, 0.25) is 0 Å². The molecule has 1 unspecified atom stereocenters. The molecule has 1 aromatic carbocycles. The van der Waals surface area contributed by atoms with E-state index >= 15 is 0 Å². The fourth-order valence-electron chi connectivity index (χ4n) is 2.40. The van der Waals surface area contributed by atoms with Crippen molar-refractivity contribution in [1.29, 1.82) is 0 Å². The molecular weight excluding hydrogens is 260 g/mol. The van der Waals surface area contributed by atoms with E-state index in [0.717, 1.165) is 44.0 Å². The number of ether oxygens (including phenoxy) is 1. The van der Waals surface area contributed by atoms with Gasteiger partial charge in [0.05, 0.1) is 0 Å². The Hall–Kier alpha value is -1.06. The molecule has 1 fully saturated rings. The number of hydrogen-bond donors (Lipinski definition) is 1. The lowest BCUT2D eigenvalue weighted by Crippen LogP contribution is -2.28. The van der Waals surface area contributed by atoms with Crippen molar-refractivity contribution in [3.8, 4) is 5.75 Å². The van der Waals surface area contributed by atoms with Gasteiger partial charge in [-0.05, 0) is 31.9 Å². The Bertz CT molecular complexity index is 417. The second-order valence-electron chi connectivity index (χ2n) is 6.39. The third kappa shape index (κ3) is 6.06. The Morgan fingerprint density at radius 1 is 1.33 bits per heavy atom. The standard InChI is InChI=1S/C18H30N2O/c1-4-15(2)14-20(3)11-12-21-18-8-6-5-7-16(18)13-19-17-9-10-17/h5-8,15,17,19H,4,9-14H2,1-3H3. The van der Waals surface area contributed by atoms with Crippen LogP contribution in [0.15, 0.2) is 24.3 Å². The Balaban J connectivity index is 1.74. The van der Waals surface area contributed by atoms with Crippen molar-refractivity contribution >= 4 is 0 Å². The van der Waals surface area contributed by atoms with E-state index in [4.69, 9.17) is 4.74 Å². The molecule has 0 aromatic heterocycles. The molecule has 118 valence electrons. The molecular formula is C18H30N2O. The summed E-state index contributed by atoms with van der Waals surface area (Å²) in [5.74, 6) is 1.78. The molecule has 0 radical (unpaired) electrons. The van der Waals surface area contributed by atoms with E-state index in [1.807, 2.05) is 0 Å². The Morgan fingerprint density at radius 2 is 2.10 bits per heavy atom. The molecule has 0 bridgehead atoms. The van der Waals surface area contributed by atoms with E-state index < -0.39 is 0 Å². The molecule has 0 spiro atoms. The van der Waals surface area contributed by atoms with Crippen molar-refractivity contribution in [3.63, 3.8) is 0 Å². The monoisotopic (exact) mass is 290 g/mol. The van der Waals surface area contributed by atoms with Crippen LogP contribution in [0, 0.1) is 5.92 Å². The molecule has 3 heteroatoms. The zero-order chi connectivity index (χ0) is 15.1. The maximum Gasteiger partial charge on any atom is 0.123 e. The van der Waals surface area contributed by atoms with Gasteiger partial charge in [0.1, 0.15) is 12.4 Å². The SMILES string of the molecule is CCC(C)CN(C)CCOc1ccccc1CNC1CC1. The lowest BCUT2D eigenvalue weighted by atomic mass is 10.1. The summed E-state index contributed by atoms with van der Waals surface area (Å²) in [4.78, 5) is 2.36. The van der Waals surface area contributed by atoms with Crippen LogP contribution in [-0.4, -0.2) is 37.7 Å². The van der Waals surface area contributed by atoms with Gasteiger partial charge in [-0.2, -0.15) is 0 Å². The van der Waals surface area contributed by atoms with Crippen molar-refractivity contribution in [3.05, 3.63) is 29.8 Å². The first-order valence-corrected chi connectivity index (χ1v) is 8.31. The summed E-state index contributed by atoms with van der Waals surface area (Å²) in [6.45, 7) is 8.35. The van der Waals surface area contributed by atoms with Gasteiger partial charge in [0.25, 0.3) is 0 Å². The van der Waals surface area contributed by atoms with Crippen LogP contribution >= 0.6 is 0 Å². The van der Waals surface area contributed by atoms with E-state index in [2.05, 4.69) is 55.4 Å². The first kappa shape index (κ1) is 16.3. The molecule has 1 N–H and O–H groups in total. The van der Waals surface area contributed by atoms with E-state index in [-0.39, 0.29) is 0 Å². The Labute approximate surface area is 129 Å². The summed E-state index contributed by atoms with van der Waals surface area (Å²) in [6.07, 6.45) is 3.88. The maximum atomic E-state index is 5.99. The zero-order valence-electron chi connectivity index (χ0n) is 13.8. The highest BCUT2D eigenvalue weighted by Gasteiger charge is 2.20. The van der Waals surface area contributed by atoms with Gasteiger partial charge in [-0.15, -0.1) is 0 Å². The van der Waals surface area contributed by atoms with Gasteiger partial charge in [-0.1, -0.05) is 38.5 Å². The van der Waals surface area contributed by atoms with Gasteiger partial charge in [-0.3, -0.25) is 0 Å². The molecule has 0 heterocycles. The summed E-state index contributed by atoms with van der Waals surface area (Å²) >= 11 is 0. The van der Waals surface area contributed by atoms with Gasteiger partial charge in [0.15, 0.2) is 0 Å². The topological polar surface area (TPSA) is 24.5 Å². The van der Waals surface area contributed by atoms with Crippen molar-refractivity contribution in [1.82, 2.24) is 10.2 Å². The molecule has 1 saturated carbocycles. The minimum absolute atomic E-state index is 0.736. The van der Waals surface area contributed by atoms with E-state index in [9.17, 15) is 0 Å². The number of nitrogens with one attached hydrogen (secondary N) is 1. The Kier molecular flexibility index (Phi) is 6.52. The van der Waals surface area contributed by atoms with Gasteiger partial charge >= 0.3 is 0 Å². The highest BCUT2D eigenvalue weighted by atomic mass is 16.5. The van der Waals surface area contributed by atoms with Crippen LogP contribution < -0.4 is 10.1 Å². The normalized spacial score (nSPS) is 16.2. The van der Waals surface area contributed by atoms with E-state index in [0.29, 0.717) is 0 Å². The van der Waals surface area contributed by atoms with Gasteiger partial charge in [-0.25, -0.2) is 0 Å². The number of likely N-dealkylation sites (N-methyl/N-ethyl adjacent to an activating group) is 1. The third-order valence-corrected chi connectivity index (χ3v) is 4.18. The summed E-state index contributed by atoms with van der Waals surface area (Å²) in [6, 6.07) is 9.12. The predicted molar refractivity (Wildman–Crippen MR) is 88.8 cm³/mol. The first-order valence-electron chi connectivity index (χ1n) is 8.31. The van der Waals surface area contributed by atoms with Crippen molar-refractivity contribution < 1.29 is 4.74 Å². The largest absolute Gasteiger partial charge is 0.492 e. The molecule has 1 aliphatic rings. The first-order chi connectivity index (χ1) is 10.2. The molecule has 0 saturated heterocycles. The van der Waals surface area contributed by atoms with Crippen LogP contribution in [0.5, 0.6) is 5.75 Å². The van der Waals surface area contributed by atoms with Crippen molar-refractivity contribution in [2.45, 2.75) is 45.7 Å². The summed E-state index contributed by atoms with van der Waals surface area (Å²) in [7, 11) is 2.18. The fraction of sp³-hybridized carbons (Fsp3) is 0.667. The summed E-state index contributed by atoms with van der Waals surface area (Å²) < 4.78 is 5.99. The van der Waals surface area contributed by atoms with Crippen molar-refractivity contribution in [2.75, 3.05) is 26.7 Å². The average Bonchev–Trinajstić information content (AvgIpc) is 3.30. The summed E-state index contributed by atoms with van der Waals surface area (Å²) in [5, 5.41) is 3.56. The smallest absolute Gasteiger partial charge is 0.123 e. The van der Waals surface area contributed by atoms with Crippen LogP contribution in [-0.2, 0) is 6.54 Å². The third-order valence-electron chi connectivity index (χ3n) is 4.18. The predicted octanol–water partition coefficient (Wildman–Crippen LogP) is 3.30. The average molecular weight is 290 g/mol. The van der Waals surface area contributed by atoms with Gasteiger partial charge < -0.3 is 15.0 Å². The number of nitrogens with zero attached hydrogens (tertiary/aromatic N) is 1. The highest BCUT2D eigenvalue weighted by Crippen LogP contribution is 2.22. The fourth-order valence-corrected chi connectivity index (χ4v) is 2.40. The van der Waals surface area contributed by atoms with Crippen molar-refractivity contribution in [2.24, 2.45) is 5.92 Å². The zero-order valence-corrected chi connectivity index (χ0v) is 13.8. The molecule has 1 atom stereocenters. The number of para-hydroxylation sites is 1. The second kappa shape index (κ2) is 8.40. The number of hydrogen-bond acceptors (Lipinski definition) is 3. The quantitative estimate of drug-likeness (QED) is 0.715. The second-order valence-corrected chi connectivity index (χ2v) is 6.39. The van der Waals surface area contributed by atoms with Crippen LogP contribution in [0.3, 0.4) is 0 Å². The molecule has 1 aliphatic carbocycles. The molecule has 3 nitrogen and oxygen atoms in total. The van der Waals surface area contributed by atoms with E-state index in [1.165, 1.54) is 24.8 Å². The van der Waals surface area contributed by atoms with Crippen LogP contribution in [0.4, 0.5) is 0 Å². The maximum absolute atomic E-state index is 5.99. The number of benzene rings is 1. The lowest BCUT2D eigenvalue weighted by molar-refractivity contribution is 0.216. The molecule has 1 aromatic rings. The minimum Gasteiger partial charge on any atom is -0.492 e. The van der Waals surface area contributed by atoms with E-state index in [1.54, 1.807) is 0 Å².